The smallest absolute Gasteiger partial charge is 0.326 e. The molecule has 1 fully saturated rings. The Hall–Kier alpha value is -2.37. The summed E-state index contributed by atoms with van der Waals surface area (Å²) >= 11 is 0. The zero-order valence-corrected chi connectivity index (χ0v) is 10.9. The highest BCUT2D eigenvalue weighted by molar-refractivity contribution is 5.89. The van der Waals surface area contributed by atoms with Gasteiger partial charge in [-0.15, -0.1) is 0 Å². The van der Waals surface area contributed by atoms with Crippen LogP contribution in [-0.2, 0) is 16.0 Å². The minimum atomic E-state index is -0.920. The lowest BCUT2D eigenvalue weighted by Gasteiger charge is -2.21. The van der Waals surface area contributed by atoms with Gasteiger partial charge in [0.05, 0.1) is 6.42 Å². The lowest BCUT2D eigenvalue weighted by Crippen LogP contribution is -2.41. The summed E-state index contributed by atoms with van der Waals surface area (Å²) in [5, 5.41) is 10.0. The fourth-order valence-corrected chi connectivity index (χ4v) is 2.75. The molecule has 0 spiro atoms. The minimum absolute atomic E-state index is 0.139. The van der Waals surface area contributed by atoms with E-state index in [-0.39, 0.29) is 12.3 Å². The molecule has 0 aromatic carbocycles. The third-order valence-electron chi connectivity index (χ3n) is 3.74. The van der Waals surface area contributed by atoms with E-state index in [1.54, 1.807) is 12.4 Å². The third kappa shape index (κ3) is 2.13. The molecule has 1 saturated heterocycles. The second-order valence-corrected chi connectivity index (χ2v) is 4.97. The van der Waals surface area contributed by atoms with Crippen LogP contribution in [0.1, 0.15) is 18.4 Å². The van der Waals surface area contributed by atoms with Crippen molar-refractivity contribution in [1.82, 2.24) is 14.9 Å². The number of aromatic amines is 1. The predicted octanol–water partition coefficient (Wildman–Crippen LogP) is 1.18. The molecule has 0 unspecified atom stereocenters. The Morgan fingerprint density at radius 3 is 3.15 bits per heavy atom. The van der Waals surface area contributed by atoms with Crippen molar-refractivity contribution in [1.29, 1.82) is 0 Å². The van der Waals surface area contributed by atoms with Gasteiger partial charge < -0.3 is 15.0 Å². The maximum absolute atomic E-state index is 12.3. The van der Waals surface area contributed by atoms with Crippen LogP contribution < -0.4 is 0 Å². The van der Waals surface area contributed by atoms with E-state index in [9.17, 15) is 9.59 Å². The summed E-state index contributed by atoms with van der Waals surface area (Å²) in [6.45, 7) is 0.524. The minimum Gasteiger partial charge on any atom is -0.480 e. The number of nitrogens with zero attached hydrogens (tertiary/aromatic N) is 2. The maximum Gasteiger partial charge on any atom is 0.326 e. The molecule has 6 nitrogen and oxygen atoms in total. The van der Waals surface area contributed by atoms with Gasteiger partial charge in [0.1, 0.15) is 11.7 Å². The van der Waals surface area contributed by atoms with Gasteiger partial charge in [0.2, 0.25) is 5.91 Å². The molecule has 0 radical (unpaired) electrons. The average molecular weight is 273 g/mol. The van der Waals surface area contributed by atoms with E-state index in [0.29, 0.717) is 13.0 Å². The number of pyridine rings is 1. The molecule has 2 N–H and O–H groups in total. The van der Waals surface area contributed by atoms with Gasteiger partial charge in [-0.1, -0.05) is 0 Å². The summed E-state index contributed by atoms with van der Waals surface area (Å²) in [5.41, 5.74) is 1.60. The highest BCUT2D eigenvalue weighted by atomic mass is 16.4. The number of aromatic nitrogens is 2. The quantitative estimate of drug-likeness (QED) is 0.879. The Balaban J connectivity index is 1.80. The van der Waals surface area contributed by atoms with Gasteiger partial charge in [-0.25, -0.2) is 9.78 Å². The van der Waals surface area contributed by atoms with E-state index in [4.69, 9.17) is 5.11 Å². The summed E-state index contributed by atoms with van der Waals surface area (Å²) in [7, 11) is 0. The molecular formula is C14H15N3O3. The number of carbonyl (C=O) groups is 2. The van der Waals surface area contributed by atoms with E-state index in [0.717, 1.165) is 23.0 Å². The predicted molar refractivity (Wildman–Crippen MR) is 72.2 cm³/mol. The summed E-state index contributed by atoms with van der Waals surface area (Å²) < 4.78 is 0. The molecule has 0 aliphatic carbocycles. The van der Waals surface area contributed by atoms with E-state index < -0.39 is 12.0 Å². The van der Waals surface area contributed by atoms with Crippen molar-refractivity contribution in [3.63, 3.8) is 0 Å². The van der Waals surface area contributed by atoms with Crippen LogP contribution in [0, 0.1) is 0 Å². The number of rotatable bonds is 3. The monoisotopic (exact) mass is 273 g/mol. The number of H-pyrrole nitrogens is 1. The van der Waals surface area contributed by atoms with Crippen LogP contribution in [-0.4, -0.2) is 44.4 Å². The largest absolute Gasteiger partial charge is 0.480 e. The highest BCUT2D eigenvalue weighted by Crippen LogP contribution is 2.21. The number of fused-ring (bicyclic) bond motifs is 1. The molecule has 1 amide bonds. The molecule has 104 valence electrons. The van der Waals surface area contributed by atoms with Gasteiger partial charge in [-0.05, 0) is 30.5 Å². The SMILES string of the molecule is O=C(O)[C@@H]1CCCN1C(=O)Cc1c[nH]c2ncccc12. The molecule has 2 aromatic heterocycles. The van der Waals surface area contributed by atoms with Crippen LogP contribution in [0.5, 0.6) is 0 Å². The topological polar surface area (TPSA) is 86.3 Å². The summed E-state index contributed by atoms with van der Waals surface area (Å²) in [6, 6.07) is 3.05. The first-order valence-corrected chi connectivity index (χ1v) is 6.60. The van der Waals surface area contributed by atoms with Crippen molar-refractivity contribution in [3.05, 3.63) is 30.1 Å². The Bertz CT molecular complexity index is 664. The second-order valence-electron chi connectivity index (χ2n) is 4.97. The Morgan fingerprint density at radius 1 is 1.50 bits per heavy atom. The van der Waals surface area contributed by atoms with Gasteiger partial charge >= 0.3 is 5.97 Å². The average Bonchev–Trinajstić information content (AvgIpc) is 3.06. The van der Waals surface area contributed by atoms with Gasteiger partial charge in [0, 0.05) is 24.3 Å². The zero-order valence-electron chi connectivity index (χ0n) is 10.9. The lowest BCUT2D eigenvalue weighted by molar-refractivity contribution is -0.147. The second kappa shape index (κ2) is 4.96. The van der Waals surface area contributed by atoms with Crippen LogP contribution in [0.4, 0.5) is 0 Å². The number of likely N-dealkylation sites (tertiary alicyclic amines) is 1. The molecule has 20 heavy (non-hydrogen) atoms. The Kier molecular flexibility index (Phi) is 3.14. The number of carbonyl (C=O) groups excluding carboxylic acids is 1. The number of hydrogen-bond donors (Lipinski definition) is 2. The van der Waals surface area contributed by atoms with Crippen LogP contribution in [0.3, 0.4) is 0 Å². The first-order chi connectivity index (χ1) is 9.66. The van der Waals surface area contributed by atoms with Gasteiger partial charge in [-0.3, -0.25) is 4.79 Å². The molecule has 3 heterocycles. The molecule has 3 rings (SSSR count). The molecule has 0 saturated carbocycles. The van der Waals surface area contributed by atoms with Crippen molar-refractivity contribution >= 4 is 22.9 Å². The zero-order chi connectivity index (χ0) is 14.1. The first-order valence-electron chi connectivity index (χ1n) is 6.60. The van der Waals surface area contributed by atoms with Crippen LogP contribution >= 0.6 is 0 Å². The normalized spacial score (nSPS) is 18.6. The van der Waals surface area contributed by atoms with E-state index in [1.165, 1.54) is 4.90 Å². The van der Waals surface area contributed by atoms with Gasteiger partial charge in [-0.2, -0.15) is 0 Å². The van der Waals surface area contributed by atoms with Gasteiger partial charge in [0.15, 0.2) is 0 Å². The lowest BCUT2D eigenvalue weighted by atomic mass is 10.1. The molecule has 2 aromatic rings. The number of nitrogens with one attached hydrogen (secondary N) is 1. The van der Waals surface area contributed by atoms with Crippen molar-refractivity contribution in [2.24, 2.45) is 0 Å². The van der Waals surface area contributed by atoms with Crippen molar-refractivity contribution in [2.75, 3.05) is 6.54 Å². The number of aliphatic carboxylic acids is 1. The maximum atomic E-state index is 12.3. The third-order valence-corrected chi connectivity index (χ3v) is 3.74. The van der Waals surface area contributed by atoms with Crippen LogP contribution in [0.2, 0.25) is 0 Å². The number of carboxylic acid groups (broad SMARTS) is 1. The summed E-state index contributed by atoms with van der Waals surface area (Å²) in [5.74, 6) is -1.06. The van der Waals surface area contributed by atoms with E-state index >= 15 is 0 Å². The fraction of sp³-hybridized carbons (Fsp3) is 0.357. The summed E-state index contributed by atoms with van der Waals surface area (Å²) in [4.78, 5) is 32.1. The van der Waals surface area contributed by atoms with Crippen molar-refractivity contribution in [3.8, 4) is 0 Å². The van der Waals surface area contributed by atoms with Crippen LogP contribution in [0.25, 0.3) is 11.0 Å². The molecule has 0 bridgehead atoms. The first kappa shape index (κ1) is 12.7. The molecule has 6 heteroatoms. The van der Waals surface area contributed by atoms with E-state index in [1.807, 2.05) is 12.1 Å². The Labute approximate surface area is 115 Å². The van der Waals surface area contributed by atoms with E-state index in [2.05, 4.69) is 9.97 Å². The van der Waals surface area contributed by atoms with Crippen molar-refractivity contribution < 1.29 is 14.7 Å². The number of hydrogen-bond acceptors (Lipinski definition) is 3. The number of carboxylic acids is 1. The van der Waals surface area contributed by atoms with Crippen molar-refractivity contribution in [2.45, 2.75) is 25.3 Å². The Morgan fingerprint density at radius 2 is 2.35 bits per heavy atom. The molecule has 1 aliphatic rings. The standard InChI is InChI=1S/C14H15N3O3/c18-12(17-6-2-4-11(17)14(19)20)7-9-8-16-13-10(9)3-1-5-15-13/h1,3,5,8,11H,2,4,6-7H2,(H,15,16)(H,19,20)/t11-/m0/s1. The fourth-order valence-electron chi connectivity index (χ4n) is 2.75. The van der Waals surface area contributed by atoms with Gasteiger partial charge in [0.25, 0.3) is 0 Å². The highest BCUT2D eigenvalue weighted by Gasteiger charge is 2.33. The molecular weight excluding hydrogens is 258 g/mol. The number of amides is 1. The molecule has 1 aliphatic heterocycles. The summed E-state index contributed by atoms with van der Waals surface area (Å²) in [6.07, 6.45) is 4.94. The molecule has 1 atom stereocenters. The van der Waals surface area contributed by atoms with Crippen LogP contribution in [0.15, 0.2) is 24.5 Å².